The van der Waals surface area contributed by atoms with Crippen molar-refractivity contribution in [2.45, 2.75) is 29.9 Å². The number of rotatable bonds is 4. The maximum atomic E-state index is 12.7. The van der Waals surface area contributed by atoms with Crippen molar-refractivity contribution in [3.63, 3.8) is 0 Å². The van der Waals surface area contributed by atoms with Crippen molar-refractivity contribution in [2.24, 2.45) is 5.41 Å². The Morgan fingerprint density at radius 2 is 1.77 bits per heavy atom. The Morgan fingerprint density at radius 1 is 1.14 bits per heavy atom. The van der Waals surface area contributed by atoms with Gasteiger partial charge in [0.2, 0.25) is 0 Å². The molecular weight excluding hydrogens is 294 g/mol. The van der Waals surface area contributed by atoms with Crippen molar-refractivity contribution in [3.8, 4) is 6.07 Å². The van der Waals surface area contributed by atoms with Crippen LogP contribution in [-0.4, -0.2) is 13.7 Å². The lowest BCUT2D eigenvalue weighted by Crippen LogP contribution is -2.17. The van der Waals surface area contributed by atoms with Gasteiger partial charge >= 0.3 is 0 Å². The van der Waals surface area contributed by atoms with Crippen molar-refractivity contribution in [2.75, 3.05) is 0 Å². The van der Waals surface area contributed by atoms with Gasteiger partial charge in [-0.15, -0.1) is 0 Å². The van der Waals surface area contributed by atoms with E-state index in [9.17, 15) is 13.7 Å². The molecule has 0 heterocycles. The van der Waals surface area contributed by atoms with E-state index in [0.29, 0.717) is 17.7 Å². The summed E-state index contributed by atoms with van der Waals surface area (Å²) in [7, 11) is -3.44. The minimum absolute atomic E-state index is 0.313. The van der Waals surface area contributed by atoms with E-state index in [1.165, 1.54) is 0 Å². The van der Waals surface area contributed by atoms with Crippen LogP contribution < -0.4 is 0 Å². The number of nitriles is 1. The van der Waals surface area contributed by atoms with Crippen molar-refractivity contribution in [1.82, 2.24) is 0 Å². The van der Waals surface area contributed by atoms with Crippen molar-refractivity contribution >= 4 is 9.84 Å². The molecule has 112 valence electrons. The molecule has 0 amide bonds. The van der Waals surface area contributed by atoms with E-state index in [1.54, 1.807) is 24.3 Å². The fourth-order valence-corrected chi connectivity index (χ4v) is 4.96. The van der Waals surface area contributed by atoms with Gasteiger partial charge in [-0.05, 0) is 37.5 Å². The van der Waals surface area contributed by atoms with Crippen molar-refractivity contribution < 1.29 is 8.42 Å². The van der Waals surface area contributed by atoms with Crippen LogP contribution in [0.3, 0.4) is 0 Å². The lowest BCUT2D eigenvalue weighted by Gasteiger charge is -2.10. The fourth-order valence-electron chi connectivity index (χ4n) is 2.87. The van der Waals surface area contributed by atoms with E-state index < -0.39 is 20.5 Å². The molecule has 2 atom stereocenters. The average molecular weight is 311 g/mol. The zero-order valence-electron chi connectivity index (χ0n) is 12.4. The third-order valence-electron chi connectivity index (χ3n) is 4.31. The zero-order chi connectivity index (χ0) is 15.8. The first kappa shape index (κ1) is 14.8. The largest absolute Gasteiger partial charge is 0.223 e. The monoisotopic (exact) mass is 311 g/mol. The summed E-state index contributed by atoms with van der Waals surface area (Å²) in [5.41, 5.74) is 1.24. The van der Waals surface area contributed by atoms with Crippen LogP contribution in [0.5, 0.6) is 0 Å². The molecule has 0 saturated heterocycles. The van der Waals surface area contributed by atoms with Crippen molar-refractivity contribution in [3.05, 3.63) is 65.7 Å². The smallest absolute Gasteiger partial charge is 0.182 e. The van der Waals surface area contributed by atoms with Crippen LogP contribution >= 0.6 is 0 Å². The number of hydrogen-bond donors (Lipinski definition) is 0. The lowest BCUT2D eigenvalue weighted by molar-refractivity contribution is 0.582. The summed E-state index contributed by atoms with van der Waals surface area (Å²) in [4.78, 5) is 0.313. The molecule has 1 aliphatic rings. The van der Waals surface area contributed by atoms with E-state index >= 15 is 0 Å². The minimum atomic E-state index is -3.44. The predicted molar refractivity (Wildman–Crippen MR) is 85.0 cm³/mol. The molecule has 0 bridgehead atoms. The highest BCUT2D eigenvalue weighted by Crippen LogP contribution is 2.54. The van der Waals surface area contributed by atoms with Crippen LogP contribution in [0.4, 0.5) is 0 Å². The summed E-state index contributed by atoms with van der Waals surface area (Å²) in [6, 6.07) is 18.7. The maximum absolute atomic E-state index is 12.7. The van der Waals surface area contributed by atoms with E-state index in [0.717, 1.165) is 11.1 Å². The first-order valence-electron chi connectivity index (χ1n) is 7.24. The second kappa shape index (κ2) is 5.26. The highest BCUT2D eigenvalue weighted by molar-refractivity contribution is 7.92. The van der Waals surface area contributed by atoms with Gasteiger partial charge in [-0.1, -0.05) is 48.0 Å². The van der Waals surface area contributed by atoms with Crippen LogP contribution in [0.25, 0.3) is 0 Å². The van der Waals surface area contributed by atoms with Crippen LogP contribution in [0.1, 0.15) is 17.5 Å². The van der Waals surface area contributed by atoms with Gasteiger partial charge in [0, 0.05) is 0 Å². The van der Waals surface area contributed by atoms with Gasteiger partial charge in [-0.3, -0.25) is 0 Å². The SMILES string of the molecule is Cc1ccc(S(=O)(=O)[C@H]2C[C@]2(C#N)Cc2ccccc2)cc1. The van der Waals surface area contributed by atoms with Crippen LogP contribution in [-0.2, 0) is 16.3 Å². The maximum Gasteiger partial charge on any atom is 0.182 e. The Labute approximate surface area is 131 Å². The first-order chi connectivity index (χ1) is 10.5. The summed E-state index contributed by atoms with van der Waals surface area (Å²) < 4.78 is 25.4. The predicted octanol–water partition coefficient (Wildman–Crippen LogP) is 3.29. The van der Waals surface area contributed by atoms with Gasteiger partial charge in [0.1, 0.15) is 0 Å². The summed E-state index contributed by atoms with van der Waals surface area (Å²) in [6.45, 7) is 1.92. The molecule has 3 nitrogen and oxygen atoms in total. The Kier molecular flexibility index (Phi) is 3.54. The topological polar surface area (TPSA) is 57.9 Å². The number of aryl methyl sites for hydroxylation is 1. The first-order valence-corrected chi connectivity index (χ1v) is 8.78. The molecule has 4 heteroatoms. The molecule has 3 rings (SSSR count). The third-order valence-corrected chi connectivity index (χ3v) is 6.61. The van der Waals surface area contributed by atoms with Gasteiger partial charge in [0.25, 0.3) is 0 Å². The van der Waals surface area contributed by atoms with Gasteiger partial charge in [0.05, 0.1) is 21.6 Å². The van der Waals surface area contributed by atoms with Crippen LogP contribution in [0.15, 0.2) is 59.5 Å². The normalized spacial score (nSPS) is 23.7. The fraction of sp³-hybridized carbons (Fsp3) is 0.278. The molecule has 1 fully saturated rings. The van der Waals surface area contributed by atoms with Crippen molar-refractivity contribution in [1.29, 1.82) is 5.26 Å². The summed E-state index contributed by atoms with van der Waals surface area (Å²) in [5.74, 6) is 0. The van der Waals surface area contributed by atoms with E-state index in [-0.39, 0.29) is 0 Å². The van der Waals surface area contributed by atoms with Gasteiger partial charge in [-0.25, -0.2) is 8.42 Å². The second-order valence-corrected chi connectivity index (χ2v) is 8.11. The van der Waals surface area contributed by atoms with Gasteiger partial charge in [0.15, 0.2) is 9.84 Å². The molecule has 0 unspecified atom stereocenters. The number of hydrogen-bond acceptors (Lipinski definition) is 3. The Balaban J connectivity index is 1.87. The number of benzene rings is 2. The summed E-state index contributed by atoms with van der Waals surface area (Å²) in [5, 5.41) is 8.92. The molecular formula is C18H17NO2S. The molecule has 0 N–H and O–H groups in total. The lowest BCUT2D eigenvalue weighted by atomic mass is 9.98. The third kappa shape index (κ3) is 2.53. The number of nitrogens with zero attached hydrogens (tertiary/aromatic N) is 1. The van der Waals surface area contributed by atoms with Gasteiger partial charge in [-0.2, -0.15) is 5.26 Å². The highest BCUT2D eigenvalue weighted by Gasteiger charge is 2.62. The van der Waals surface area contributed by atoms with Gasteiger partial charge < -0.3 is 0 Å². The van der Waals surface area contributed by atoms with Crippen LogP contribution in [0.2, 0.25) is 0 Å². The molecule has 0 radical (unpaired) electrons. The molecule has 22 heavy (non-hydrogen) atoms. The Hall–Kier alpha value is -2.12. The van der Waals surface area contributed by atoms with E-state index in [1.807, 2.05) is 37.3 Å². The Bertz CT molecular complexity index is 820. The molecule has 2 aromatic rings. The number of sulfone groups is 1. The molecule has 1 aliphatic carbocycles. The average Bonchev–Trinajstić information content (AvgIpc) is 3.24. The minimum Gasteiger partial charge on any atom is -0.223 e. The molecule has 0 spiro atoms. The quantitative estimate of drug-likeness (QED) is 0.870. The molecule has 0 aromatic heterocycles. The summed E-state index contributed by atoms with van der Waals surface area (Å²) in [6.07, 6.45) is 0.898. The van der Waals surface area contributed by atoms with E-state index in [4.69, 9.17) is 0 Å². The standard InChI is InChI=1S/C18H17NO2S/c1-14-7-9-16(10-8-14)22(20,21)17-12-18(17,13-19)11-15-5-3-2-4-6-15/h2-10,17H,11-12H2,1H3/t17-,18-/m0/s1. The molecule has 1 saturated carbocycles. The summed E-state index contributed by atoms with van der Waals surface area (Å²) >= 11 is 0. The highest BCUT2D eigenvalue weighted by atomic mass is 32.2. The Morgan fingerprint density at radius 3 is 2.36 bits per heavy atom. The molecule has 2 aromatic carbocycles. The zero-order valence-corrected chi connectivity index (χ0v) is 13.2. The molecule has 0 aliphatic heterocycles. The van der Waals surface area contributed by atoms with Crippen LogP contribution in [0, 0.1) is 23.7 Å². The second-order valence-electron chi connectivity index (χ2n) is 5.98. The van der Waals surface area contributed by atoms with E-state index in [2.05, 4.69) is 6.07 Å².